The molecule has 8 nitrogen and oxygen atoms in total. The number of morpholine rings is 1. The van der Waals surface area contributed by atoms with E-state index in [1.807, 2.05) is 17.0 Å². The quantitative estimate of drug-likeness (QED) is 0.656. The van der Waals surface area contributed by atoms with Gasteiger partial charge in [0.05, 0.1) is 19.8 Å². The highest BCUT2D eigenvalue weighted by molar-refractivity contribution is 6.30. The van der Waals surface area contributed by atoms with Crippen LogP contribution in [0.5, 0.6) is 5.75 Å². The minimum Gasteiger partial charge on any atom is -0.493 e. The lowest BCUT2D eigenvalue weighted by Gasteiger charge is -2.43. The smallest absolute Gasteiger partial charge is 0.275 e. The maximum absolute atomic E-state index is 13.1. The first-order valence-electron chi connectivity index (χ1n) is 10.9. The standard InChI is InChI=1S/C23H28ClN3O5/c1-17-25-20(14-31-17)22(29)27-7-3-6-23(15-27,13-21(28)26-8-10-30-11-9-26)16-32-19-5-2-4-18(24)12-19/h2,4-5,12,14H,3,6-11,13,15-16H2,1H3/t23-/m0/s1. The van der Waals surface area contributed by atoms with E-state index in [0.29, 0.717) is 69.1 Å². The number of carbonyl (C=O) groups excluding carboxylic acids is 2. The fourth-order valence-electron chi connectivity index (χ4n) is 4.36. The van der Waals surface area contributed by atoms with Gasteiger partial charge in [0.25, 0.3) is 5.91 Å². The van der Waals surface area contributed by atoms with Gasteiger partial charge in [0.2, 0.25) is 5.91 Å². The Hall–Kier alpha value is -2.58. The Morgan fingerprint density at radius 3 is 2.75 bits per heavy atom. The predicted molar refractivity (Wildman–Crippen MR) is 118 cm³/mol. The molecule has 2 fully saturated rings. The van der Waals surface area contributed by atoms with E-state index in [9.17, 15) is 9.59 Å². The Kier molecular flexibility index (Phi) is 7.01. The van der Waals surface area contributed by atoms with Crippen LogP contribution in [-0.2, 0) is 9.53 Å². The summed E-state index contributed by atoms with van der Waals surface area (Å²) in [5.41, 5.74) is -0.224. The van der Waals surface area contributed by atoms with Crippen molar-refractivity contribution in [3.63, 3.8) is 0 Å². The number of halogens is 1. The number of piperidine rings is 1. The summed E-state index contributed by atoms with van der Waals surface area (Å²) in [5, 5.41) is 0.586. The van der Waals surface area contributed by atoms with E-state index in [2.05, 4.69) is 4.98 Å². The van der Waals surface area contributed by atoms with Crippen LogP contribution in [0.2, 0.25) is 5.02 Å². The molecule has 2 aliphatic heterocycles. The monoisotopic (exact) mass is 461 g/mol. The molecule has 4 rings (SSSR count). The number of hydrogen-bond donors (Lipinski definition) is 0. The number of rotatable bonds is 6. The Morgan fingerprint density at radius 1 is 1.22 bits per heavy atom. The zero-order chi connectivity index (χ0) is 22.6. The summed E-state index contributed by atoms with van der Waals surface area (Å²) in [7, 11) is 0. The Bertz CT molecular complexity index is 959. The van der Waals surface area contributed by atoms with Crippen molar-refractivity contribution in [2.45, 2.75) is 26.2 Å². The number of nitrogens with zero attached hydrogens (tertiary/aromatic N) is 3. The average Bonchev–Trinajstić information content (AvgIpc) is 3.24. The van der Waals surface area contributed by atoms with Gasteiger partial charge < -0.3 is 23.7 Å². The largest absolute Gasteiger partial charge is 0.493 e. The third-order valence-corrected chi connectivity index (χ3v) is 6.25. The number of amides is 2. The van der Waals surface area contributed by atoms with Crippen molar-refractivity contribution in [2.75, 3.05) is 46.0 Å². The van der Waals surface area contributed by atoms with Gasteiger partial charge >= 0.3 is 0 Å². The topological polar surface area (TPSA) is 85.1 Å². The third-order valence-electron chi connectivity index (χ3n) is 6.02. The van der Waals surface area contributed by atoms with E-state index in [1.165, 1.54) is 6.26 Å². The zero-order valence-electron chi connectivity index (χ0n) is 18.2. The van der Waals surface area contributed by atoms with Gasteiger partial charge in [-0.3, -0.25) is 9.59 Å². The normalized spacial score (nSPS) is 21.4. The zero-order valence-corrected chi connectivity index (χ0v) is 19.0. The molecule has 3 heterocycles. The van der Waals surface area contributed by atoms with Crippen LogP contribution >= 0.6 is 11.6 Å². The average molecular weight is 462 g/mol. The molecule has 32 heavy (non-hydrogen) atoms. The van der Waals surface area contributed by atoms with Crippen LogP contribution in [0.25, 0.3) is 0 Å². The van der Waals surface area contributed by atoms with Crippen LogP contribution in [0.4, 0.5) is 0 Å². The van der Waals surface area contributed by atoms with E-state index in [1.54, 1.807) is 24.0 Å². The van der Waals surface area contributed by atoms with Gasteiger partial charge in [-0.1, -0.05) is 17.7 Å². The minimum atomic E-state index is -0.510. The van der Waals surface area contributed by atoms with E-state index >= 15 is 0 Å². The van der Waals surface area contributed by atoms with Gasteiger partial charge in [-0.25, -0.2) is 4.98 Å². The summed E-state index contributed by atoms with van der Waals surface area (Å²) in [5.74, 6) is 0.969. The van der Waals surface area contributed by atoms with Crippen LogP contribution < -0.4 is 4.74 Å². The molecule has 9 heteroatoms. The highest BCUT2D eigenvalue weighted by atomic mass is 35.5. The Balaban J connectivity index is 1.52. The van der Waals surface area contributed by atoms with Crippen LogP contribution in [0, 0.1) is 12.3 Å². The van der Waals surface area contributed by atoms with E-state index < -0.39 is 5.41 Å². The maximum Gasteiger partial charge on any atom is 0.275 e. The van der Waals surface area contributed by atoms with Gasteiger partial charge in [-0.2, -0.15) is 0 Å². The summed E-state index contributed by atoms with van der Waals surface area (Å²) in [6.45, 7) is 5.31. The number of ether oxygens (including phenoxy) is 2. The number of aryl methyl sites for hydroxylation is 1. The highest BCUT2D eigenvalue weighted by Gasteiger charge is 2.41. The number of carbonyl (C=O) groups is 2. The van der Waals surface area contributed by atoms with Gasteiger partial charge in [0, 0.05) is 50.0 Å². The lowest BCUT2D eigenvalue weighted by Crippen LogP contribution is -2.52. The van der Waals surface area contributed by atoms with Gasteiger partial charge in [-0.15, -0.1) is 0 Å². The van der Waals surface area contributed by atoms with Crippen LogP contribution in [0.15, 0.2) is 34.9 Å². The molecule has 1 aromatic heterocycles. The second kappa shape index (κ2) is 9.92. The molecule has 1 atom stereocenters. The number of aromatic nitrogens is 1. The first kappa shape index (κ1) is 22.6. The summed E-state index contributed by atoms with van der Waals surface area (Å²) in [6.07, 6.45) is 3.24. The minimum absolute atomic E-state index is 0.0644. The molecule has 0 saturated carbocycles. The van der Waals surface area contributed by atoms with Crippen molar-refractivity contribution in [3.05, 3.63) is 47.1 Å². The number of oxazole rings is 1. The lowest BCUT2D eigenvalue weighted by molar-refractivity contribution is -0.139. The molecule has 2 saturated heterocycles. The molecule has 2 aliphatic rings. The number of hydrogen-bond acceptors (Lipinski definition) is 6. The summed E-state index contributed by atoms with van der Waals surface area (Å²) < 4.78 is 16.7. The van der Waals surface area contributed by atoms with Crippen LogP contribution in [0.3, 0.4) is 0 Å². The fourth-order valence-corrected chi connectivity index (χ4v) is 4.54. The van der Waals surface area contributed by atoms with Gasteiger partial charge in [-0.05, 0) is 31.0 Å². The first-order valence-corrected chi connectivity index (χ1v) is 11.3. The number of likely N-dealkylation sites (tertiary alicyclic amines) is 1. The fraction of sp³-hybridized carbons (Fsp3) is 0.522. The molecule has 0 N–H and O–H groups in total. The second-order valence-corrected chi connectivity index (χ2v) is 8.93. The van der Waals surface area contributed by atoms with E-state index in [0.717, 1.165) is 12.8 Å². The molecule has 0 radical (unpaired) electrons. The first-order chi connectivity index (χ1) is 15.4. The molecule has 0 bridgehead atoms. The lowest BCUT2D eigenvalue weighted by atomic mass is 9.77. The highest BCUT2D eigenvalue weighted by Crippen LogP contribution is 2.36. The van der Waals surface area contributed by atoms with Crippen molar-refractivity contribution in [3.8, 4) is 5.75 Å². The summed E-state index contributed by atoms with van der Waals surface area (Å²) >= 11 is 6.10. The van der Waals surface area contributed by atoms with Crippen LogP contribution in [0.1, 0.15) is 35.6 Å². The molecule has 1 aromatic carbocycles. The Labute approximate surface area is 192 Å². The van der Waals surface area contributed by atoms with Crippen molar-refractivity contribution in [1.82, 2.24) is 14.8 Å². The van der Waals surface area contributed by atoms with Gasteiger partial charge in [0.15, 0.2) is 11.6 Å². The molecule has 2 amide bonds. The molecule has 0 unspecified atom stereocenters. The van der Waals surface area contributed by atoms with Crippen LogP contribution in [-0.4, -0.2) is 72.6 Å². The maximum atomic E-state index is 13.1. The summed E-state index contributed by atoms with van der Waals surface area (Å²) in [4.78, 5) is 34.0. The molecular weight excluding hydrogens is 434 g/mol. The molecule has 0 spiro atoms. The predicted octanol–water partition coefficient (Wildman–Crippen LogP) is 3.19. The Morgan fingerprint density at radius 2 is 2.03 bits per heavy atom. The van der Waals surface area contributed by atoms with Crippen molar-refractivity contribution in [2.24, 2.45) is 5.41 Å². The van der Waals surface area contributed by atoms with Crippen molar-refractivity contribution >= 4 is 23.4 Å². The molecule has 0 aliphatic carbocycles. The summed E-state index contributed by atoms with van der Waals surface area (Å²) in [6, 6.07) is 7.20. The second-order valence-electron chi connectivity index (χ2n) is 8.50. The van der Waals surface area contributed by atoms with Crippen molar-refractivity contribution < 1.29 is 23.5 Å². The third kappa shape index (κ3) is 5.42. The molecule has 172 valence electrons. The van der Waals surface area contributed by atoms with E-state index in [4.69, 9.17) is 25.5 Å². The van der Waals surface area contributed by atoms with Gasteiger partial charge in [0.1, 0.15) is 12.0 Å². The van der Waals surface area contributed by atoms with Crippen molar-refractivity contribution in [1.29, 1.82) is 0 Å². The molecular formula is C23H28ClN3O5. The SMILES string of the molecule is Cc1nc(C(=O)N2CCC[C@](COc3cccc(Cl)c3)(CC(=O)N3CCOCC3)C2)co1. The van der Waals surface area contributed by atoms with E-state index in [-0.39, 0.29) is 17.5 Å². The number of benzene rings is 1. The molecule has 2 aromatic rings.